The van der Waals surface area contributed by atoms with Gasteiger partial charge in [0, 0.05) is 18.3 Å². The van der Waals surface area contributed by atoms with Gasteiger partial charge in [-0.25, -0.2) is 8.78 Å². The number of amides is 2. The zero-order valence-electron chi connectivity index (χ0n) is 18.6. The highest BCUT2D eigenvalue weighted by molar-refractivity contribution is 5.99. The van der Waals surface area contributed by atoms with Gasteiger partial charge >= 0.3 is 6.18 Å². The van der Waals surface area contributed by atoms with Gasteiger partial charge in [-0.05, 0) is 37.5 Å². The zero-order chi connectivity index (χ0) is 25.7. The number of nitrogens with one attached hydrogen (secondary N) is 1. The van der Waals surface area contributed by atoms with Crippen molar-refractivity contribution in [2.24, 2.45) is 0 Å². The molecule has 0 bridgehead atoms. The summed E-state index contributed by atoms with van der Waals surface area (Å²) in [5, 5.41) is 12.7. The van der Waals surface area contributed by atoms with Gasteiger partial charge in [0.05, 0.1) is 12.1 Å². The molecule has 2 heterocycles. The number of alkyl halides is 3. The van der Waals surface area contributed by atoms with Crippen LogP contribution in [-0.4, -0.2) is 45.2 Å². The van der Waals surface area contributed by atoms with E-state index in [9.17, 15) is 41.4 Å². The Morgan fingerprint density at radius 3 is 2.31 bits per heavy atom. The van der Waals surface area contributed by atoms with Crippen molar-refractivity contribution in [3.63, 3.8) is 0 Å². The van der Waals surface area contributed by atoms with E-state index in [-0.39, 0.29) is 6.42 Å². The summed E-state index contributed by atoms with van der Waals surface area (Å²) < 4.78 is 68.9. The standard InChI is InChI=1S/C23H22F5N3O4/c1-11-6-14(24)12(15(25)7-11)8-29-21(34)13-9-30-16-4-2-3-5-17(16)31(10-23(26,27)28)22(35)18(30)20(33)19(13)32/h6-7,9,16-17,33H,2-5,8,10H2,1H3,(H,29,34)/t16-,17-/m1/s1. The molecule has 0 spiro atoms. The van der Waals surface area contributed by atoms with Gasteiger partial charge in [0.15, 0.2) is 11.4 Å². The van der Waals surface area contributed by atoms with E-state index in [0.29, 0.717) is 29.7 Å². The summed E-state index contributed by atoms with van der Waals surface area (Å²) in [6, 6.07) is 0.625. The van der Waals surface area contributed by atoms with Crippen LogP contribution in [-0.2, 0) is 6.54 Å². The van der Waals surface area contributed by atoms with Crippen LogP contribution in [0.4, 0.5) is 22.0 Å². The third-order valence-electron chi connectivity index (χ3n) is 6.43. The smallest absolute Gasteiger partial charge is 0.406 e. The summed E-state index contributed by atoms with van der Waals surface area (Å²) in [6.45, 7) is -0.638. The number of fused-ring (bicyclic) bond motifs is 3. The Morgan fingerprint density at radius 2 is 1.71 bits per heavy atom. The van der Waals surface area contributed by atoms with E-state index >= 15 is 0 Å². The second kappa shape index (κ2) is 8.97. The van der Waals surface area contributed by atoms with E-state index in [1.54, 1.807) is 0 Å². The lowest BCUT2D eigenvalue weighted by atomic mass is 9.86. The number of halogens is 5. The predicted molar refractivity (Wildman–Crippen MR) is 113 cm³/mol. The van der Waals surface area contributed by atoms with E-state index in [2.05, 4.69) is 5.32 Å². The number of aromatic nitrogens is 1. The molecule has 0 unspecified atom stereocenters. The van der Waals surface area contributed by atoms with E-state index in [1.807, 2.05) is 0 Å². The molecule has 35 heavy (non-hydrogen) atoms. The monoisotopic (exact) mass is 499 g/mol. The van der Waals surface area contributed by atoms with E-state index < -0.39 is 82.8 Å². The molecule has 2 N–H and O–H groups in total. The van der Waals surface area contributed by atoms with Crippen LogP contribution >= 0.6 is 0 Å². The van der Waals surface area contributed by atoms with Crippen molar-refractivity contribution < 1.29 is 36.6 Å². The number of hydrogen-bond acceptors (Lipinski definition) is 4. The SMILES string of the molecule is Cc1cc(F)c(CNC(=O)c2cn3c(c(O)c2=O)C(=O)N(CC(F)(F)F)[C@@H]2CCCC[C@H]23)c(F)c1. The third-order valence-corrected chi connectivity index (χ3v) is 6.43. The lowest BCUT2D eigenvalue weighted by Crippen LogP contribution is -2.55. The van der Waals surface area contributed by atoms with Crippen molar-refractivity contribution in [2.45, 2.75) is 57.4 Å². The second-order valence-electron chi connectivity index (χ2n) is 8.83. The molecule has 12 heteroatoms. The molecular weight excluding hydrogens is 477 g/mol. The first-order valence-corrected chi connectivity index (χ1v) is 11.0. The fourth-order valence-corrected chi connectivity index (χ4v) is 4.87. The fraction of sp³-hybridized carbons (Fsp3) is 0.435. The summed E-state index contributed by atoms with van der Waals surface area (Å²) in [5.74, 6) is -5.15. The maximum Gasteiger partial charge on any atom is 0.406 e. The summed E-state index contributed by atoms with van der Waals surface area (Å²) in [6.07, 6.45) is -1.79. The summed E-state index contributed by atoms with van der Waals surface area (Å²) in [5.41, 5.74) is -2.58. The molecular formula is C23H22F5N3O4. The summed E-state index contributed by atoms with van der Waals surface area (Å²) in [7, 11) is 0. The van der Waals surface area contributed by atoms with Gasteiger partial charge in [0.1, 0.15) is 23.7 Å². The molecule has 2 aliphatic rings. The Balaban J connectivity index is 1.70. The Bertz CT molecular complexity index is 1230. The van der Waals surface area contributed by atoms with Crippen molar-refractivity contribution in [1.29, 1.82) is 0 Å². The molecule has 4 rings (SSSR count). The molecule has 1 fully saturated rings. The lowest BCUT2D eigenvalue weighted by molar-refractivity contribution is -0.148. The van der Waals surface area contributed by atoms with Crippen LogP contribution in [0.15, 0.2) is 23.1 Å². The minimum Gasteiger partial charge on any atom is -0.503 e. The Kier molecular flexibility index (Phi) is 6.32. The second-order valence-corrected chi connectivity index (χ2v) is 8.83. The first-order chi connectivity index (χ1) is 16.4. The lowest BCUT2D eigenvalue weighted by Gasteiger charge is -2.46. The third kappa shape index (κ3) is 4.61. The van der Waals surface area contributed by atoms with Crippen LogP contribution in [0.2, 0.25) is 0 Å². The molecule has 188 valence electrons. The first kappa shape index (κ1) is 24.7. The number of carbonyl (C=O) groups excluding carboxylic acids is 2. The summed E-state index contributed by atoms with van der Waals surface area (Å²) in [4.78, 5) is 39.0. The molecule has 1 saturated carbocycles. The van der Waals surface area contributed by atoms with Crippen molar-refractivity contribution in [3.8, 4) is 5.75 Å². The average Bonchev–Trinajstić information content (AvgIpc) is 2.76. The van der Waals surface area contributed by atoms with Crippen LogP contribution in [0.1, 0.15) is 63.7 Å². The Morgan fingerprint density at radius 1 is 1.11 bits per heavy atom. The average molecular weight is 499 g/mol. The van der Waals surface area contributed by atoms with Gasteiger partial charge in [-0.3, -0.25) is 14.4 Å². The molecule has 0 saturated heterocycles. The largest absolute Gasteiger partial charge is 0.503 e. The number of carbonyl (C=O) groups is 2. The van der Waals surface area contributed by atoms with Crippen molar-refractivity contribution in [1.82, 2.24) is 14.8 Å². The van der Waals surface area contributed by atoms with Gasteiger partial charge in [-0.2, -0.15) is 13.2 Å². The Labute approximate surface area is 196 Å². The minimum absolute atomic E-state index is 0.284. The number of pyridine rings is 1. The van der Waals surface area contributed by atoms with Crippen molar-refractivity contribution in [3.05, 3.63) is 62.6 Å². The van der Waals surface area contributed by atoms with Gasteiger partial charge in [0.25, 0.3) is 11.8 Å². The van der Waals surface area contributed by atoms with Gasteiger partial charge < -0.3 is 19.9 Å². The maximum absolute atomic E-state index is 14.1. The van der Waals surface area contributed by atoms with E-state index in [1.165, 1.54) is 11.5 Å². The number of benzene rings is 1. The number of aryl methyl sites for hydroxylation is 1. The molecule has 1 aromatic carbocycles. The number of aromatic hydroxyl groups is 1. The molecule has 2 aromatic rings. The first-order valence-electron chi connectivity index (χ1n) is 11.0. The highest BCUT2D eigenvalue weighted by atomic mass is 19.4. The number of rotatable bonds is 4. The van der Waals surface area contributed by atoms with Crippen LogP contribution in [0, 0.1) is 18.6 Å². The van der Waals surface area contributed by atoms with Crippen molar-refractivity contribution >= 4 is 11.8 Å². The van der Waals surface area contributed by atoms with Gasteiger partial charge in [0.2, 0.25) is 5.43 Å². The van der Waals surface area contributed by atoms with E-state index in [4.69, 9.17) is 0 Å². The molecule has 7 nitrogen and oxygen atoms in total. The zero-order valence-corrected chi connectivity index (χ0v) is 18.6. The maximum atomic E-state index is 14.1. The molecule has 2 atom stereocenters. The van der Waals surface area contributed by atoms with Crippen molar-refractivity contribution in [2.75, 3.05) is 6.54 Å². The Hall–Kier alpha value is -3.44. The molecule has 1 aromatic heterocycles. The molecule has 0 radical (unpaired) electrons. The number of nitrogens with zero attached hydrogens (tertiary/aromatic N) is 2. The minimum atomic E-state index is -4.68. The predicted octanol–water partition coefficient (Wildman–Crippen LogP) is 3.57. The number of hydrogen-bond donors (Lipinski definition) is 2. The molecule has 2 amide bonds. The van der Waals surface area contributed by atoms with Gasteiger partial charge in [-0.1, -0.05) is 12.8 Å². The highest BCUT2D eigenvalue weighted by Crippen LogP contribution is 2.40. The van der Waals surface area contributed by atoms with Crippen LogP contribution in [0.25, 0.3) is 0 Å². The van der Waals surface area contributed by atoms with Crippen LogP contribution in [0.3, 0.4) is 0 Å². The fourth-order valence-electron chi connectivity index (χ4n) is 4.87. The topological polar surface area (TPSA) is 91.6 Å². The van der Waals surface area contributed by atoms with Gasteiger partial charge in [-0.15, -0.1) is 0 Å². The molecule has 1 aliphatic carbocycles. The quantitative estimate of drug-likeness (QED) is 0.630. The van der Waals surface area contributed by atoms with E-state index in [0.717, 1.165) is 18.3 Å². The molecule has 1 aliphatic heterocycles. The van der Waals surface area contributed by atoms with Crippen LogP contribution < -0.4 is 10.7 Å². The van der Waals surface area contributed by atoms with Crippen LogP contribution in [0.5, 0.6) is 5.75 Å². The summed E-state index contributed by atoms with van der Waals surface area (Å²) >= 11 is 0. The normalized spacial score (nSPS) is 19.8. The highest BCUT2D eigenvalue weighted by Gasteiger charge is 2.46.